The summed E-state index contributed by atoms with van der Waals surface area (Å²) in [5.41, 5.74) is -0.700. The fraction of sp³-hybridized carbons (Fsp3) is 0.467. The Morgan fingerprint density at radius 3 is 2.38 bits per heavy atom. The fourth-order valence-electron chi connectivity index (χ4n) is 2.48. The Bertz CT molecular complexity index is 523. The number of hydrogen-bond donors (Lipinski definition) is 1. The molecule has 0 atom stereocenters. The Labute approximate surface area is 121 Å². The number of alkyl carbamates (subject to hydrolysis) is 1. The molecule has 1 aromatic rings. The highest BCUT2D eigenvalue weighted by atomic mass is 19.3. The molecule has 1 aliphatic rings. The van der Waals surface area contributed by atoms with Crippen LogP contribution in [-0.2, 0) is 16.1 Å². The van der Waals surface area contributed by atoms with E-state index in [1.807, 2.05) is 6.07 Å². The Morgan fingerprint density at radius 1 is 1.24 bits per heavy atom. The van der Waals surface area contributed by atoms with Gasteiger partial charge in [0.2, 0.25) is 0 Å². The predicted molar refractivity (Wildman–Crippen MR) is 72.0 cm³/mol. The quantitative estimate of drug-likeness (QED) is 0.908. The number of Topliss-reactive ketones (excluding diaryl/α,β-unsaturated/α-hetero) is 1. The van der Waals surface area contributed by atoms with E-state index in [2.05, 4.69) is 5.32 Å². The van der Waals surface area contributed by atoms with Crippen molar-refractivity contribution in [1.82, 2.24) is 5.32 Å². The summed E-state index contributed by atoms with van der Waals surface area (Å²) in [5, 5.41) is 2.32. The minimum absolute atomic E-state index is 0.0272. The summed E-state index contributed by atoms with van der Waals surface area (Å²) in [7, 11) is 0. The Hall–Kier alpha value is -1.98. The van der Waals surface area contributed by atoms with Gasteiger partial charge in [0.1, 0.15) is 12.1 Å². The zero-order chi connectivity index (χ0) is 15.5. The zero-order valence-corrected chi connectivity index (χ0v) is 11.7. The number of ketones is 1. The van der Waals surface area contributed by atoms with Crippen molar-refractivity contribution in [3.05, 3.63) is 35.9 Å². The van der Waals surface area contributed by atoms with Crippen LogP contribution in [0, 0.1) is 0 Å². The summed E-state index contributed by atoms with van der Waals surface area (Å²) in [6, 6.07) is 8.97. The second kappa shape index (κ2) is 5.79. The maximum atomic E-state index is 13.1. The highest BCUT2D eigenvalue weighted by Gasteiger charge is 2.61. The van der Waals surface area contributed by atoms with Crippen molar-refractivity contribution in [3.63, 3.8) is 0 Å². The van der Waals surface area contributed by atoms with E-state index < -0.39 is 36.2 Å². The molecule has 1 aliphatic carbocycles. The SMILES string of the molecule is CCC(=O)C1(NC(=O)OCc2ccccc2)CC(F)(F)C1. The third-order valence-corrected chi connectivity index (χ3v) is 3.53. The predicted octanol–water partition coefficient (Wildman–Crippen LogP) is 3.06. The van der Waals surface area contributed by atoms with Crippen LogP contribution in [0.15, 0.2) is 30.3 Å². The van der Waals surface area contributed by atoms with Crippen LogP contribution < -0.4 is 5.32 Å². The van der Waals surface area contributed by atoms with Crippen molar-refractivity contribution >= 4 is 11.9 Å². The van der Waals surface area contributed by atoms with Crippen molar-refractivity contribution in [3.8, 4) is 0 Å². The molecular weight excluding hydrogens is 280 g/mol. The lowest BCUT2D eigenvalue weighted by Gasteiger charge is -2.45. The topological polar surface area (TPSA) is 55.4 Å². The van der Waals surface area contributed by atoms with Crippen LogP contribution in [0.3, 0.4) is 0 Å². The van der Waals surface area contributed by atoms with Gasteiger partial charge in [-0.05, 0) is 5.56 Å². The summed E-state index contributed by atoms with van der Waals surface area (Å²) in [4.78, 5) is 23.5. The molecule has 1 N–H and O–H groups in total. The lowest BCUT2D eigenvalue weighted by molar-refractivity contribution is -0.159. The lowest BCUT2D eigenvalue weighted by atomic mass is 9.70. The van der Waals surface area contributed by atoms with E-state index in [0.717, 1.165) is 5.56 Å². The molecule has 0 unspecified atom stereocenters. The van der Waals surface area contributed by atoms with E-state index >= 15 is 0 Å². The molecule has 0 radical (unpaired) electrons. The van der Waals surface area contributed by atoms with Crippen LogP contribution in [0.25, 0.3) is 0 Å². The summed E-state index contributed by atoms with van der Waals surface area (Å²) < 4.78 is 31.1. The second-order valence-electron chi connectivity index (χ2n) is 5.26. The van der Waals surface area contributed by atoms with E-state index in [9.17, 15) is 18.4 Å². The third-order valence-electron chi connectivity index (χ3n) is 3.53. The maximum absolute atomic E-state index is 13.1. The molecule has 0 spiro atoms. The van der Waals surface area contributed by atoms with E-state index in [4.69, 9.17) is 4.74 Å². The first kappa shape index (κ1) is 15.4. The number of alkyl halides is 2. The van der Waals surface area contributed by atoms with E-state index in [1.54, 1.807) is 31.2 Å². The van der Waals surface area contributed by atoms with Gasteiger partial charge in [0.15, 0.2) is 5.78 Å². The van der Waals surface area contributed by atoms with Crippen LogP contribution in [0.5, 0.6) is 0 Å². The number of hydrogen-bond acceptors (Lipinski definition) is 3. The van der Waals surface area contributed by atoms with Gasteiger partial charge in [-0.25, -0.2) is 13.6 Å². The Morgan fingerprint density at radius 2 is 1.86 bits per heavy atom. The molecule has 0 aromatic heterocycles. The largest absolute Gasteiger partial charge is 0.445 e. The second-order valence-corrected chi connectivity index (χ2v) is 5.26. The van der Waals surface area contributed by atoms with E-state index in [1.165, 1.54) is 0 Å². The normalized spacial score (nSPS) is 18.4. The van der Waals surface area contributed by atoms with Gasteiger partial charge in [0.05, 0.1) is 0 Å². The van der Waals surface area contributed by atoms with Crippen molar-refractivity contribution in [1.29, 1.82) is 0 Å². The van der Waals surface area contributed by atoms with Crippen molar-refractivity contribution in [2.45, 2.75) is 44.3 Å². The van der Waals surface area contributed by atoms with Gasteiger partial charge < -0.3 is 10.1 Å². The molecule has 1 saturated carbocycles. The number of carbonyl (C=O) groups is 2. The summed E-state index contributed by atoms with van der Waals surface area (Å²) >= 11 is 0. The minimum Gasteiger partial charge on any atom is -0.445 e. The van der Waals surface area contributed by atoms with Gasteiger partial charge >= 0.3 is 6.09 Å². The number of rotatable bonds is 5. The first-order valence-electron chi connectivity index (χ1n) is 6.77. The number of amides is 1. The molecule has 1 aromatic carbocycles. The lowest BCUT2D eigenvalue weighted by Crippen LogP contribution is -2.66. The number of carbonyl (C=O) groups excluding carboxylic acids is 2. The molecule has 2 rings (SSSR count). The van der Waals surface area contributed by atoms with Crippen molar-refractivity contribution in [2.75, 3.05) is 0 Å². The molecule has 21 heavy (non-hydrogen) atoms. The molecule has 6 heteroatoms. The molecular formula is C15H17F2NO3. The Kier molecular flexibility index (Phi) is 4.25. The first-order valence-corrected chi connectivity index (χ1v) is 6.77. The summed E-state index contributed by atoms with van der Waals surface area (Å²) in [5.74, 6) is -3.30. The number of ether oxygens (including phenoxy) is 1. The molecule has 0 saturated heterocycles. The van der Waals surface area contributed by atoms with E-state index in [0.29, 0.717) is 0 Å². The van der Waals surface area contributed by atoms with Gasteiger partial charge in [-0.1, -0.05) is 37.3 Å². The molecule has 0 aliphatic heterocycles. The van der Waals surface area contributed by atoms with Gasteiger partial charge in [-0.3, -0.25) is 4.79 Å². The summed E-state index contributed by atoms with van der Waals surface area (Å²) in [6.45, 7) is 1.61. The summed E-state index contributed by atoms with van der Waals surface area (Å²) in [6.07, 6.45) is -2.08. The average molecular weight is 297 g/mol. The van der Waals surface area contributed by atoms with Gasteiger partial charge in [-0.15, -0.1) is 0 Å². The van der Waals surface area contributed by atoms with Crippen molar-refractivity contribution in [2.24, 2.45) is 0 Å². The Balaban J connectivity index is 1.92. The number of nitrogens with one attached hydrogen (secondary N) is 1. The zero-order valence-electron chi connectivity index (χ0n) is 11.7. The standard InChI is InChI=1S/C15H17F2NO3/c1-2-12(19)14(9-15(16,17)10-14)18-13(20)21-8-11-6-4-3-5-7-11/h3-7H,2,8-10H2,1H3,(H,18,20). The smallest absolute Gasteiger partial charge is 0.408 e. The third kappa shape index (κ3) is 3.56. The molecule has 1 amide bonds. The highest BCUT2D eigenvalue weighted by molar-refractivity contribution is 5.92. The fourth-order valence-corrected chi connectivity index (χ4v) is 2.48. The monoisotopic (exact) mass is 297 g/mol. The molecule has 4 nitrogen and oxygen atoms in total. The van der Waals surface area contributed by atoms with E-state index in [-0.39, 0.29) is 13.0 Å². The van der Waals surface area contributed by atoms with Gasteiger partial charge in [0, 0.05) is 19.3 Å². The molecule has 114 valence electrons. The van der Waals surface area contributed by atoms with Gasteiger partial charge in [-0.2, -0.15) is 0 Å². The number of halogens is 2. The van der Waals surface area contributed by atoms with Crippen molar-refractivity contribution < 1.29 is 23.1 Å². The van der Waals surface area contributed by atoms with Crippen LogP contribution in [0.2, 0.25) is 0 Å². The molecule has 0 bridgehead atoms. The van der Waals surface area contributed by atoms with Crippen LogP contribution >= 0.6 is 0 Å². The van der Waals surface area contributed by atoms with Gasteiger partial charge in [0.25, 0.3) is 5.92 Å². The molecule has 1 fully saturated rings. The first-order chi connectivity index (χ1) is 9.87. The maximum Gasteiger partial charge on any atom is 0.408 e. The van der Waals surface area contributed by atoms with Crippen LogP contribution in [0.1, 0.15) is 31.7 Å². The molecule has 0 heterocycles. The number of benzene rings is 1. The van der Waals surface area contributed by atoms with Crippen LogP contribution in [0.4, 0.5) is 13.6 Å². The average Bonchev–Trinajstić information content (AvgIpc) is 2.43. The minimum atomic E-state index is -2.91. The highest BCUT2D eigenvalue weighted by Crippen LogP contribution is 2.46. The van der Waals surface area contributed by atoms with Crippen LogP contribution in [-0.4, -0.2) is 23.3 Å².